The van der Waals surface area contributed by atoms with Gasteiger partial charge in [0.05, 0.1) is 0 Å². The Kier molecular flexibility index (Phi) is 3.57. The van der Waals surface area contributed by atoms with Gasteiger partial charge < -0.3 is 4.74 Å². The van der Waals surface area contributed by atoms with Gasteiger partial charge in [0.1, 0.15) is 0 Å². The van der Waals surface area contributed by atoms with E-state index in [-0.39, 0.29) is 28.5 Å². The van der Waals surface area contributed by atoms with Gasteiger partial charge in [-0.05, 0) is 79.8 Å². The topological polar surface area (TPSA) is 60.4 Å². The van der Waals surface area contributed by atoms with Crippen molar-refractivity contribution in [2.24, 2.45) is 40.4 Å². The molecule has 0 saturated heterocycles. The molecule has 4 nitrogen and oxygen atoms in total. The van der Waals surface area contributed by atoms with Crippen molar-refractivity contribution >= 4 is 17.5 Å². The summed E-state index contributed by atoms with van der Waals surface area (Å²) >= 11 is 0. The lowest BCUT2D eigenvalue weighted by Gasteiger charge is -2.57. The second-order valence-electron chi connectivity index (χ2n) is 10.4. The fourth-order valence-electron chi connectivity index (χ4n) is 7.96. The average Bonchev–Trinajstić information content (AvgIpc) is 3.37. The first-order valence-corrected chi connectivity index (χ1v) is 10.8. The maximum absolute atomic E-state index is 12.8. The van der Waals surface area contributed by atoms with Crippen LogP contribution in [-0.4, -0.2) is 23.1 Å². The molecule has 0 radical (unpaired) electrons. The van der Waals surface area contributed by atoms with Gasteiger partial charge in [-0.1, -0.05) is 26.0 Å². The van der Waals surface area contributed by atoms with Crippen molar-refractivity contribution in [3.8, 4) is 0 Å². The Labute approximate surface area is 166 Å². The van der Waals surface area contributed by atoms with Gasteiger partial charge >= 0.3 is 5.97 Å². The molecule has 5 rings (SSSR count). The smallest absolute Gasteiger partial charge is 0.303 e. The fraction of sp³-hybridized carbons (Fsp3) is 0.708. The van der Waals surface area contributed by atoms with E-state index in [0.717, 1.165) is 25.7 Å². The van der Waals surface area contributed by atoms with E-state index >= 15 is 0 Å². The number of esters is 1. The van der Waals surface area contributed by atoms with Gasteiger partial charge in [-0.2, -0.15) is 0 Å². The van der Waals surface area contributed by atoms with Gasteiger partial charge in [-0.3, -0.25) is 14.4 Å². The molecule has 0 aromatic rings. The van der Waals surface area contributed by atoms with E-state index < -0.39 is 5.60 Å². The van der Waals surface area contributed by atoms with Crippen LogP contribution in [0.15, 0.2) is 23.8 Å². The molecule has 3 fully saturated rings. The number of rotatable bonds is 2. The van der Waals surface area contributed by atoms with Crippen molar-refractivity contribution < 1.29 is 19.1 Å². The third-order valence-corrected chi connectivity index (χ3v) is 9.45. The molecule has 28 heavy (non-hydrogen) atoms. The summed E-state index contributed by atoms with van der Waals surface area (Å²) in [4.78, 5) is 37.0. The molecule has 0 aromatic heterocycles. The van der Waals surface area contributed by atoms with E-state index in [4.69, 9.17) is 4.74 Å². The first-order valence-electron chi connectivity index (χ1n) is 10.8. The van der Waals surface area contributed by atoms with Gasteiger partial charge in [0.25, 0.3) is 0 Å². The zero-order valence-corrected chi connectivity index (χ0v) is 17.3. The molecule has 0 N–H and O–H groups in total. The van der Waals surface area contributed by atoms with Crippen molar-refractivity contribution in [2.75, 3.05) is 0 Å². The second-order valence-corrected chi connectivity index (χ2v) is 10.4. The fourth-order valence-corrected chi connectivity index (χ4v) is 7.96. The summed E-state index contributed by atoms with van der Waals surface area (Å²) in [6, 6.07) is 0. The van der Waals surface area contributed by atoms with Gasteiger partial charge in [0.15, 0.2) is 17.2 Å². The molecular weight excluding hydrogens is 352 g/mol. The van der Waals surface area contributed by atoms with E-state index in [9.17, 15) is 14.4 Å². The number of allylic oxidation sites excluding steroid dienone is 4. The summed E-state index contributed by atoms with van der Waals surface area (Å²) in [7, 11) is 0. The Bertz CT molecular complexity index is 853. The lowest BCUT2D eigenvalue weighted by Crippen LogP contribution is -2.58. The summed E-state index contributed by atoms with van der Waals surface area (Å²) < 4.78 is 5.82. The molecule has 0 heterocycles. The van der Waals surface area contributed by atoms with Crippen LogP contribution in [0.25, 0.3) is 0 Å². The molecule has 4 heteroatoms. The Balaban J connectivity index is 1.56. The number of hydrogen-bond acceptors (Lipinski definition) is 4. The number of carbonyl (C=O) groups excluding carboxylic acids is 3. The maximum atomic E-state index is 12.8. The predicted octanol–water partition coefficient (Wildman–Crippen LogP) is 4.04. The third kappa shape index (κ3) is 1.99. The maximum Gasteiger partial charge on any atom is 0.303 e. The number of ketones is 2. The molecule has 5 aliphatic carbocycles. The van der Waals surface area contributed by atoms with E-state index in [1.165, 1.54) is 12.5 Å². The minimum atomic E-state index is -0.982. The molecule has 0 bridgehead atoms. The van der Waals surface area contributed by atoms with Crippen LogP contribution >= 0.6 is 0 Å². The van der Waals surface area contributed by atoms with Gasteiger partial charge in [0.2, 0.25) is 0 Å². The molecule has 3 saturated carbocycles. The van der Waals surface area contributed by atoms with Gasteiger partial charge in [-0.25, -0.2) is 0 Å². The lowest BCUT2D eigenvalue weighted by molar-refractivity contribution is -0.185. The van der Waals surface area contributed by atoms with E-state index in [1.54, 1.807) is 6.92 Å². The van der Waals surface area contributed by atoms with Crippen molar-refractivity contribution in [3.63, 3.8) is 0 Å². The highest BCUT2D eigenvalue weighted by Gasteiger charge is 2.69. The zero-order valence-electron chi connectivity index (χ0n) is 17.3. The molecule has 5 aliphatic rings. The average molecular weight is 383 g/mol. The highest BCUT2D eigenvalue weighted by atomic mass is 16.6. The Morgan fingerprint density at radius 3 is 2.46 bits per heavy atom. The van der Waals surface area contributed by atoms with Crippen LogP contribution in [0.2, 0.25) is 0 Å². The number of hydrogen-bond donors (Lipinski definition) is 0. The molecule has 0 aromatic carbocycles. The van der Waals surface area contributed by atoms with Crippen molar-refractivity contribution in [1.29, 1.82) is 0 Å². The molecule has 0 amide bonds. The van der Waals surface area contributed by atoms with Crippen LogP contribution < -0.4 is 0 Å². The lowest BCUT2D eigenvalue weighted by atomic mass is 9.47. The highest BCUT2D eigenvalue weighted by molar-refractivity contribution is 5.97. The third-order valence-electron chi connectivity index (χ3n) is 9.45. The molecular formula is C24H30O4. The van der Waals surface area contributed by atoms with Crippen molar-refractivity contribution in [2.45, 2.75) is 65.4 Å². The predicted molar refractivity (Wildman–Crippen MR) is 104 cm³/mol. The first kappa shape index (κ1) is 18.3. The number of ether oxygens (including phenoxy) is 1. The van der Waals surface area contributed by atoms with E-state index in [1.807, 2.05) is 6.08 Å². The second kappa shape index (κ2) is 5.46. The summed E-state index contributed by atoms with van der Waals surface area (Å²) in [5.41, 5.74) is -0.00957. The minimum Gasteiger partial charge on any atom is -0.451 e. The van der Waals surface area contributed by atoms with Crippen LogP contribution in [0.1, 0.15) is 59.8 Å². The molecule has 0 spiro atoms. The standard InChI is InChI=1S/C24H30O4/c1-13(25)24(28-14(2)26)10-8-18-16-6-5-15-11-21(27)17-12-20(17)23(15,4)19(16)7-9-22(18,24)3/h5-6,11,16-20H,7-10,12H2,1-4H3/t16-,17-,18-,19-,20+,22-,23-,24-/m0/s1. The SMILES string of the molecule is CC(=O)O[C@]1(C(C)=O)CC[C@H]2[C@@H]3C=CC4=CC(=O)[C@H]5C[C@H]5[C@]4(C)[C@H]3CC[C@@]21C. The van der Waals surface area contributed by atoms with Crippen LogP contribution in [0.5, 0.6) is 0 Å². The monoisotopic (exact) mass is 382 g/mol. The van der Waals surface area contributed by atoms with Gasteiger partial charge in [-0.15, -0.1) is 0 Å². The van der Waals surface area contributed by atoms with Crippen LogP contribution in [0.4, 0.5) is 0 Å². The Morgan fingerprint density at radius 2 is 1.79 bits per heavy atom. The normalized spacial score (nSPS) is 50.6. The van der Waals surface area contributed by atoms with Crippen LogP contribution in [0, 0.1) is 40.4 Å². The summed E-state index contributed by atoms with van der Waals surface area (Å²) in [5.74, 6) is 1.87. The largest absolute Gasteiger partial charge is 0.451 e. The minimum absolute atomic E-state index is 0.0109. The highest BCUT2D eigenvalue weighted by Crippen LogP contribution is 2.71. The molecule has 8 atom stereocenters. The number of carbonyl (C=O) groups is 3. The van der Waals surface area contributed by atoms with Crippen molar-refractivity contribution in [1.82, 2.24) is 0 Å². The van der Waals surface area contributed by atoms with Gasteiger partial charge in [0, 0.05) is 18.3 Å². The summed E-state index contributed by atoms with van der Waals surface area (Å²) in [6.07, 6.45) is 10.9. The van der Waals surface area contributed by atoms with E-state index in [0.29, 0.717) is 35.9 Å². The Morgan fingerprint density at radius 1 is 1.07 bits per heavy atom. The quantitative estimate of drug-likeness (QED) is 0.676. The molecule has 0 unspecified atom stereocenters. The summed E-state index contributed by atoms with van der Waals surface area (Å²) in [5, 5.41) is 0. The van der Waals surface area contributed by atoms with Crippen molar-refractivity contribution in [3.05, 3.63) is 23.8 Å². The van der Waals surface area contributed by atoms with E-state index in [2.05, 4.69) is 26.0 Å². The molecule has 0 aliphatic heterocycles. The first-order chi connectivity index (χ1) is 13.1. The molecule has 150 valence electrons. The summed E-state index contributed by atoms with van der Waals surface area (Å²) in [6.45, 7) is 7.55. The number of Topliss-reactive ketones (excluding diaryl/α,β-unsaturated/α-hetero) is 1. The Hall–Kier alpha value is -1.71. The van der Waals surface area contributed by atoms with Crippen LogP contribution in [0.3, 0.4) is 0 Å². The zero-order chi connectivity index (χ0) is 20.1. The number of fused-ring (bicyclic) bond motifs is 7. The van der Waals surface area contributed by atoms with Crippen LogP contribution in [-0.2, 0) is 19.1 Å².